The van der Waals surface area contributed by atoms with Crippen LogP contribution in [0.4, 0.5) is 5.82 Å². The quantitative estimate of drug-likeness (QED) is 0.760. The molecule has 0 aliphatic carbocycles. The van der Waals surface area contributed by atoms with Gasteiger partial charge in [-0.1, -0.05) is 30.3 Å². The van der Waals surface area contributed by atoms with E-state index in [1.807, 2.05) is 24.3 Å². The van der Waals surface area contributed by atoms with E-state index in [0.717, 1.165) is 49.9 Å². The van der Waals surface area contributed by atoms with Crippen LogP contribution in [0.3, 0.4) is 0 Å². The molecule has 1 aliphatic heterocycles. The van der Waals surface area contributed by atoms with Gasteiger partial charge in [0.25, 0.3) is 5.78 Å². The van der Waals surface area contributed by atoms with Crippen LogP contribution in [0, 0.1) is 0 Å². The van der Waals surface area contributed by atoms with Crippen LogP contribution in [0.25, 0.3) is 17.0 Å². The summed E-state index contributed by atoms with van der Waals surface area (Å²) in [5.41, 5.74) is 1.96. The lowest BCUT2D eigenvalue weighted by Gasteiger charge is -2.41. The molecule has 7 heteroatoms. The van der Waals surface area contributed by atoms with Crippen molar-refractivity contribution in [2.24, 2.45) is 0 Å². The summed E-state index contributed by atoms with van der Waals surface area (Å²) in [6.45, 7) is 8.80. The number of nitrogens with zero attached hydrogens (tertiary/aromatic N) is 5. The SMILES string of the molecule is CC(C)(CNc1cc(-c2ccccc2)nc2ncnn12)N1CCOCC1. The topological polar surface area (TPSA) is 67.6 Å². The van der Waals surface area contributed by atoms with Crippen molar-refractivity contribution < 1.29 is 4.74 Å². The first-order valence-corrected chi connectivity index (χ1v) is 8.96. The summed E-state index contributed by atoms with van der Waals surface area (Å²) in [6, 6.07) is 12.2. The maximum absolute atomic E-state index is 5.48. The maximum atomic E-state index is 5.48. The van der Waals surface area contributed by atoms with Crippen LogP contribution < -0.4 is 5.32 Å². The standard InChI is InChI=1S/C19H24N6O/c1-19(2,24-8-10-26-11-9-24)13-20-17-12-16(15-6-4-3-5-7-15)23-18-21-14-22-25(17)18/h3-7,12,14,20H,8-11,13H2,1-2H3. The Morgan fingerprint density at radius 3 is 2.69 bits per heavy atom. The average molecular weight is 352 g/mol. The number of anilines is 1. The predicted molar refractivity (Wildman–Crippen MR) is 101 cm³/mol. The van der Waals surface area contributed by atoms with Crippen LogP contribution >= 0.6 is 0 Å². The number of ether oxygens (including phenoxy) is 1. The van der Waals surface area contributed by atoms with Gasteiger partial charge in [0.15, 0.2) is 0 Å². The Morgan fingerprint density at radius 2 is 1.92 bits per heavy atom. The molecule has 7 nitrogen and oxygen atoms in total. The highest BCUT2D eigenvalue weighted by atomic mass is 16.5. The number of hydrogen-bond acceptors (Lipinski definition) is 6. The minimum absolute atomic E-state index is 0.00681. The third-order valence-corrected chi connectivity index (χ3v) is 4.89. The molecule has 0 radical (unpaired) electrons. The molecule has 2 aromatic heterocycles. The smallest absolute Gasteiger partial charge is 0.254 e. The number of hydrogen-bond donors (Lipinski definition) is 1. The summed E-state index contributed by atoms with van der Waals surface area (Å²) >= 11 is 0. The second kappa shape index (κ2) is 7.01. The first-order chi connectivity index (χ1) is 12.6. The van der Waals surface area contributed by atoms with E-state index in [0.29, 0.717) is 5.78 Å². The Kier molecular flexibility index (Phi) is 4.57. The number of rotatable bonds is 5. The number of nitrogens with one attached hydrogen (secondary N) is 1. The minimum Gasteiger partial charge on any atom is -0.379 e. The van der Waals surface area contributed by atoms with E-state index in [1.54, 1.807) is 4.52 Å². The lowest BCUT2D eigenvalue weighted by molar-refractivity contribution is -0.00571. The fourth-order valence-corrected chi connectivity index (χ4v) is 3.28. The first kappa shape index (κ1) is 16.9. The fraction of sp³-hybridized carbons (Fsp3) is 0.421. The van der Waals surface area contributed by atoms with E-state index in [4.69, 9.17) is 4.74 Å². The van der Waals surface area contributed by atoms with Gasteiger partial charge in [0.1, 0.15) is 12.1 Å². The van der Waals surface area contributed by atoms with Gasteiger partial charge in [0.2, 0.25) is 0 Å². The fourth-order valence-electron chi connectivity index (χ4n) is 3.28. The molecule has 26 heavy (non-hydrogen) atoms. The highest BCUT2D eigenvalue weighted by Gasteiger charge is 2.28. The van der Waals surface area contributed by atoms with Crippen molar-refractivity contribution in [3.63, 3.8) is 0 Å². The summed E-state index contributed by atoms with van der Waals surface area (Å²) in [4.78, 5) is 11.4. The third kappa shape index (κ3) is 3.40. The van der Waals surface area contributed by atoms with E-state index < -0.39 is 0 Å². The van der Waals surface area contributed by atoms with Crippen molar-refractivity contribution in [1.29, 1.82) is 0 Å². The monoisotopic (exact) mass is 352 g/mol. The Morgan fingerprint density at radius 1 is 1.15 bits per heavy atom. The van der Waals surface area contributed by atoms with Crippen LogP contribution in [0.1, 0.15) is 13.8 Å². The number of morpholine rings is 1. The van der Waals surface area contributed by atoms with Crippen molar-refractivity contribution in [3.05, 3.63) is 42.7 Å². The highest BCUT2D eigenvalue weighted by Crippen LogP contribution is 2.23. The van der Waals surface area contributed by atoms with Crippen molar-refractivity contribution >= 4 is 11.6 Å². The van der Waals surface area contributed by atoms with Crippen molar-refractivity contribution in [1.82, 2.24) is 24.5 Å². The lowest BCUT2D eigenvalue weighted by Crippen LogP contribution is -2.53. The normalized spacial score (nSPS) is 16.1. The molecule has 0 saturated carbocycles. The van der Waals surface area contributed by atoms with Gasteiger partial charge in [-0.2, -0.15) is 14.6 Å². The zero-order valence-electron chi connectivity index (χ0n) is 15.2. The number of benzene rings is 1. The zero-order chi connectivity index (χ0) is 18.0. The molecule has 136 valence electrons. The molecule has 1 aromatic carbocycles. The Hall–Kier alpha value is -2.51. The van der Waals surface area contributed by atoms with E-state index in [9.17, 15) is 0 Å². The van der Waals surface area contributed by atoms with Crippen LogP contribution in [0.2, 0.25) is 0 Å². The van der Waals surface area contributed by atoms with Gasteiger partial charge in [-0.15, -0.1) is 0 Å². The number of aromatic nitrogens is 4. The summed E-state index contributed by atoms with van der Waals surface area (Å²) in [5, 5.41) is 7.87. The van der Waals surface area contributed by atoms with Crippen LogP contribution in [0.15, 0.2) is 42.7 Å². The molecular weight excluding hydrogens is 328 g/mol. The second-order valence-electron chi connectivity index (χ2n) is 7.13. The zero-order valence-corrected chi connectivity index (χ0v) is 15.2. The molecule has 1 aliphatic rings. The van der Waals surface area contributed by atoms with Crippen molar-refractivity contribution in [2.45, 2.75) is 19.4 Å². The molecule has 0 atom stereocenters. The minimum atomic E-state index is 0.00681. The molecular formula is C19H24N6O. The van der Waals surface area contributed by atoms with Gasteiger partial charge in [-0.3, -0.25) is 4.90 Å². The molecule has 1 saturated heterocycles. The summed E-state index contributed by atoms with van der Waals surface area (Å²) in [7, 11) is 0. The molecule has 4 rings (SSSR count). The van der Waals surface area contributed by atoms with E-state index in [-0.39, 0.29) is 5.54 Å². The average Bonchev–Trinajstić information content (AvgIpc) is 3.16. The predicted octanol–water partition coefficient (Wildman–Crippen LogP) is 2.31. The van der Waals surface area contributed by atoms with Gasteiger partial charge in [-0.05, 0) is 13.8 Å². The van der Waals surface area contributed by atoms with E-state index in [2.05, 4.69) is 51.3 Å². The van der Waals surface area contributed by atoms with Gasteiger partial charge >= 0.3 is 0 Å². The van der Waals surface area contributed by atoms with Gasteiger partial charge < -0.3 is 10.1 Å². The van der Waals surface area contributed by atoms with Crippen LogP contribution in [-0.2, 0) is 4.74 Å². The molecule has 3 heterocycles. The molecule has 0 amide bonds. The molecule has 3 aromatic rings. The van der Waals surface area contributed by atoms with Gasteiger partial charge in [0.05, 0.1) is 18.9 Å². The molecule has 1 fully saturated rings. The van der Waals surface area contributed by atoms with Crippen molar-refractivity contribution in [3.8, 4) is 11.3 Å². The van der Waals surface area contributed by atoms with Crippen LogP contribution in [-0.4, -0.2) is 62.9 Å². The third-order valence-electron chi connectivity index (χ3n) is 4.89. The summed E-state index contributed by atoms with van der Waals surface area (Å²) < 4.78 is 7.23. The summed E-state index contributed by atoms with van der Waals surface area (Å²) in [5.74, 6) is 1.49. The Bertz CT molecular complexity index is 870. The van der Waals surface area contributed by atoms with Gasteiger partial charge in [-0.25, -0.2) is 4.98 Å². The lowest BCUT2D eigenvalue weighted by atomic mass is 10.0. The van der Waals surface area contributed by atoms with Gasteiger partial charge in [0, 0.05) is 36.8 Å². The molecule has 0 spiro atoms. The Balaban J connectivity index is 1.60. The maximum Gasteiger partial charge on any atom is 0.254 e. The number of fused-ring (bicyclic) bond motifs is 1. The molecule has 0 bridgehead atoms. The summed E-state index contributed by atoms with van der Waals surface area (Å²) in [6.07, 6.45) is 1.54. The second-order valence-corrected chi connectivity index (χ2v) is 7.13. The first-order valence-electron chi connectivity index (χ1n) is 8.96. The van der Waals surface area contributed by atoms with Crippen LogP contribution in [0.5, 0.6) is 0 Å². The molecule has 1 N–H and O–H groups in total. The van der Waals surface area contributed by atoms with E-state index >= 15 is 0 Å². The van der Waals surface area contributed by atoms with Crippen molar-refractivity contribution in [2.75, 3.05) is 38.2 Å². The molecule has 0 unspecified atom stereocenters. The van der Waals surface area contributed by atoms with E-state index in [1.165, 1.54) is 6.33 Å². The largest absolute Gasteiger partial charge is 0.379 e. The Labute approximate surface area is 153 Å². The highest BCUT2D eigenvalue weighted by molar-refractivity contribution is 5.65.